The Kier molecular flexibility index (Phi) is 4.75. The molecule has 0 aromatic heterocycles. The maximum Gasteiger partial charge on any atom is 0.127 e. The Morgan fingerprint density at radius 3 is 2.48 bits per heavy atom. The molecule has 112 valence electrons. The first-order valence-corrected chi connectivity index (χ1v) is 6.46. The lowest BCUT2D eigenvalue weighted by molar-refractivity contribution is 0.388. The molecule has 0 heterocycles. The summed E-state index contributed by atoms with van der Waals surface area (Å²) >= 11 is 0. The first-order chi connectivity index (χ1) is 10.0. The predicted molar refractivity (Wildman–Crippen MR) is 76.5 cm³/mol. The molecule has 0 aliphatic carbocycles. The van der Waals surface area contributed by atoms with Gasteiger partial charge in [-0.05, 0) is 36.2 Å². The van der Waals surface area contributed by atoms with Crippen molar-refractivity contribution in [1.29, 1.82) is 0 Å². The molecule has 1 unspecified atom stereocenters. The van der Waals surface area contributed by atoms with Crippen LogP contribution in [0.2, 0.25) is 0 Å². The first kappa shape index (κ1) is 15.3. The fourth-order valence-corrected chi connectivity index (χ4v) is 2.17. The molecule has 0 aliphatic rings. The van der Waals surface area contributed by atoms with Crippen molar-refractivity contribution in [2.24, 2.45) is 5.73 Å². The van der Waals surface area contributed by atoms with Gasteiger partial charge in [0.05, 0.1) is 14.2 Å². The quantitative estimate of drug-likeness (QED) is 0.920. The second-order valence-electron chi connectivity index (χ2n) is 4.65. The number of nitrogens with two attached hydrogens (primary N) is 1. The van der Waals surface area contributed by atoms with Gasteiger partial charge in [-0.15, -0.1) is 0 Å². The van der Waals surface area contributed by atoms with E-state index in [-0.39, 0.29) is 12.0 Å². The minimum absolute atomic E-state index is 0.173. The summed E-state index contributed by atoms with van der Waals surface area (Å²) in [6.07, 6.45) is 0.173. The van der Waals surface area contributed by atoms with Crippen LogP contribution in [0.15, 0.2) is 36.4 Å². The molecule has 2 rings (SSSR count). The van der Waals surface area contributed by atoms with Crippen molar-refractivity contribution in [3.63, 3.8) is 0 Å². The van der Waals surface area contributed by atoms with Crippen LogP contribution in [0.5, 0.6) is 11.5 Å². The average Bonchev–Trinajstić information content (AvgIpc) is 2.50. The van der Waals surface area contributed by atoms with Crippen molar-refractivity contribution in [2.45, 2.75) is 12.5 Å². The fraction of sp³-hybridized carbons (Fsp3) is 0.250. The van der Waals surface area contributed by atoms with Crippen molar-refractivity contribution >= 4 is 0 Å². The Morgan fingerprint density at radius 2 is 1.81 bits per heavy atom. The van der Waals surface area contributed by atoms with Crippen molar-refractivity contribution in [2.75, 3.05) is 14.2 Å². The van der Waals surface area contributed by atoms with Crippen molar-refractivity contribution in [3.8, 4) is 11.5 Å². The maximum absolute atomic E-state index is 13.7. The maximum atomic E-state index is 13.7. The molecule has 0 bridgehead atoms. The molecule has 3 nitrogen and oxygen atoms in total. The summed E-state index contributed by atoms with van der Waals surface area (Å²) in [6.45, 7) is 0. The van der Waals surface area contributed by atoms with E-state index in [1.165, 1.54) is 7.11 Å². The Bertz CT molecular complexity index is 632. The Balaban J connectivity index is 2.27. The van der Waals surface area contributed by atoms with E-state index in [2.05, 4.69) is 0 Å². The Labute approximate surface area is 122 Å². The molecular weight excluding hydrogens is 276 g/mol. The molecule has 1 atom stereocenters. The third-order valence-corrected chi connectivity index (χ3v) is 3.29. The minimum atomic E-state index is -0.512. The highest BCUT2D eigenvalue weighted by Crippen LogP contribution is 2.30. The molecule has 0 fully saturated rings. The van der Waals surface area contributed by atoms with Gasteiger partial charge in [0.25, 0.3) is 0 Å². The Morgan fingerprint density at radius 1 is 1.05 bits per heavy atom. The smallest absolute Gasteiger partial charge is 0.127 e. The number of benzene rings is 2. The normalized spacial score (nSPS) is 12.0. The largest absolute Gasteiger partial charge is 0.497 e. The van der Waals surface area contributed by atoms with Gasteiger partial charge >= 0.3 is 0 Å². The summed E-state index contributed by atoms with van der Waals surface area (Å²) in [6, 6.07) is 8.05. The van der Waals surface area contributed by atoms with Crippen LogP contribution in [-0.4, -0.2) is 14.2 Å². The molecule has 5 heteroatoms. The van der Waals surface area contributed by atoms with Gasteiger partial charge < -0.3 is 15.2 Å². The summed E-state index contributed by atoms with van der Waals surface area (Å²) in [7, 11) is 3.07. The van der Waals surface area contributed by atoms with Gasteiger partial charge in [0.15, 0.2) is 0 Å². The van der Waals surface area contributed by atoms with Gasteiger partial charge in [0, 0.05) is 17.7 Å². The van der Waals surface area contributed by atoms with E-state index in [4.69, 9.17) is 15.2 Å². The summed E-state index contributed by atoms with van der Waals surface area (Å²) in [4.78, 5) is 0. The Hall–Kier alpha value is -2.14. The minimum Gasteiger partial charge on any atom is -0.497 e. The molecule has 2 aromatic rings. The van der Waals surface area contributed by atoms with E-state index in [9.17, 15) is 8.78 Å². The van der Waals surface area contributed by atoms with Crippen LogP contribution >= 0.6 is 0 Å². The SMILES string of the molecule is COc1ccc(C(N)Cc2cc(F)ccc2F)c(OC)c1. The summed E-state index contributed by atoms with van der Waals surface area (Å²) in [5, 5.41) is 0. The van der Waals surface area contributed by atoms with Gasteiger partial charge in [0.1, 0.15) is 23.1 Å². The van der Waals surface area contributed by atoms with Gasteiger partial charge in [0.2, 0.25) is 0 Å². The molecule has 2 N–H and O–H groups in total. The van der Waals surface area contributed by atoms with Crippen molar-refractivity contribution in [3.05, 3.63) is 59.2 Å². The molecule has 0 spiro atoms. The molecule has 2 aromatic carbocycles. The molecule has 0 saturated heterocycles. The topological polar surface area (TPSA) is 44.5 Å². The zero-order valence-corrected chi connectivity index (χ0v) is 11.9. The van der Waals surface area contributed by atoms with E-state index in [0.29, 0.717) is 17.1 Å². The third-order valence-electron chi connectivity index (χ3n) is 3.29. The standard InChI is InChI=1S/C16H17F2NO2/c1-20-12-4-5-13(16(9-12)21-2)15(19)8-10-7-11(17)3-6-14(10)18/h3-7,9,15H,8,19H2,1-2H3. The van der Waals surface area contributed by atoms with Gasteiger partial charge in [-0.3, -0.25) is 0 Å². The second-order valence-corrected chi connectivity index (χ2v) is 4.65. The fourth-order valence-electron chi connectivity index (χ4n) is 2.17. The lowest BCUT2D eigenvalue weighted by Gasteiger charge is -2.17. The zero-order valence-electron chi connectivity index (χ0n) is 11.9. The molecule has 21 heavy (non-hydrogen) atoms. The summed E-state index contributed by atoms with van der Waals surface area (Å²) < 4.78 is 37.3. The van der Waals surface area contributed by atoms with Crippen molar-refractivity contribution in [1.82, 2.24) is 0 Å². The van der Waals surface area contributed by atoms with E-state index >= 15 is 0 Å². The average molecular weight is 293 g/mol. The lowest BCUT2D eigenvalue weighted by atomic mass is 9.98. The predicted octanol–water partition coefficient (Wildman–Crippen LogP) is 3.22. The van der Waals surface area contributed by atoms with Crippen LogP contribution in [0.4, 0.5) is 8.78 Å². The second kappa shape index (κ2) is 6.54. The van der Waals surface area contributed by atoms with Crippen molar-refractivity contribution < 1.29 is 18.3 Å². The van der Waals surface area contributed by atoms with E-state index in [0.717, 1.165) is 18.2 Å². The number of ether oxygens (including phenoxy) is 2. The molecule has 0 radical (unpaired) electrons. The monoisotopic (exact) mass is 293 g/mol. The molecule has 0 aliphatic heterocycles. The lowest BCUT2D eigenvalue weighted by Crippen LogP contribution is -2.15. The van der Waals surface area contributed by atoms with Crippen LogP contribution in [0.3, 0.4) is 0 Å². The highest BCUT2D eigenvalue weighted by atomic mass is 19.1. The van der Waals surface area contributed by atoms with E-state index in [1.807, 2.05) is 0 Å². The zero-order chi connectivity index (χ0) is 15.4. The number of hydrogen-bond donors (Lipinski definition) is 1. The molecular formula is C16H17F2NO2. The van der Waals surface area contributed by atoms with E-state index in [1.54, 1.807) is 25.3 Å². The van der Waals surface area contributed by atoms with Gasteiger partial charge in [-0.25, -0.2) is 8.78 Å². The molecule has 0 saturated carbocycles. The number of hydrogen-bond acceptors (Lipinski definition) is 3. The van der Waals surface area contributed by atoms with Crippen LogP contribution in [0.25, 0.3) is 0 Å². The highest BCUT2D eigenvalue weighted by Gasteiger charge is 2.16. The first-order valence-electron chi connectivity index (χ1n) is 6.46. The number of halogens is 2. The van der Waals surface area contributed by atoms with Crippen LogP contribution < -0.4 is 15.2 Å². The van der Waals surface area contributed by atoms with Crippen LogP contribution in [0.1, 0.15) is 17.2 Å². The molecule has 0 amide bonds. The van der Waals surface area contributed by atoms with E-state index < -0.39 is 17.7 Å². The van der Waals surface area contributed by atoms with Crippen LogP contribution in [-0.2, 0) is 6.42 Å². The highest BCUT2D eigenvalue weighted by molar-refractivity contribution is 5.43. The third kappa shape index (κ3) is 3.49. The van der Waals surface area contributed by atoms with Crippen LogP contribution in [0, 0.1) is 11.6 Å². The number of rotatable bonds is 5. The summed E-state index contributed by atoms with van der Waals surface area (Å²) in [5.74, 6) is 0.234. The van der Waals surface area contributed by atoms with Gasteiger partial charge in [-0.1, -0.05) is 6.07 Å². The number of methoxy groups -OCH3 is 2. The van der Waals surface area contributed by atoms with Gasteiger partial charge in [-0.2, -0.15) is 0 Å². The summed E-state index contributed by atoms with van der Waals surface area (Å²) in [5.41, 5.74) is 7.05.